The molecule has 2 heterocycles. The summed E-state index contributed by atoms with van der Waals surface area (Å²) in [6, 6.07) is 52.7. The van der Waals surface area contributed by atoms with Crippen LogP contribution in [0.2, 0.25) is 0 Å². The Balaban J connectivity index is 1.35. The summed E-state index contributed by atoms with van der Waals surface area (Å²) in [7, 11) is 0. The number of rotatable bonds is 2. The topological polar surface area (TPSA) is 57.4 Å². The molecule has 0 saturated heterocycles. The van der Waals surface area contributed by atoms with Gasteiger partial charge in [-0.15, -0.1) is 0 Å². The molecule has 0 atom stereocenters. The number of hydrogen-bond donors (Lipinski definition) is 0. The molecule has 7 aromatic carbocycles. The van der Waals surface area contributed by atoms with Gasteiger partial charge in [0, 0.05) is 32.4 Å². The molecule has 54 heavy (non-hydrogen) atoms. The molecule has 0 radical (unpaired) electrons. The minimum absolute atomic E-state index is 0.170. The van der Waals surface area contributed by atoms with Crippen LogP contribution in [-0.2, 0) is 10.8 Å². The van der Waals surface area contributed by atoms with Crippen molar-refractivity contribution >= 4 is 43.6 Å². The first kappa shape index (κ1) is 30.7. The monoisotopic (exact) mass is 690 g/mol. The van der Waals surface area contributed by atoms with Crippen LogP contribution >= 0.6 is 0 Å². The van der Waals surface area contributed by atoms with Gasteiger partial charge in [-0.2, -0.15) is 10.5 Å². The first-order valence-electron chi connectivity index (χ1n) is 18.6. The zero-order chi connectivity index (χ0) is 36.7. The molecule has 0 spiro atoms. The van der Waals surface area contributed by atoms with E-state index in [-0.39, 0.29) is 10.8 Å². The summed E-state index contributed by atoms with van der Waals surface area (Å²) in [5, 5.41) is 25.6. The lowest BCUT2D eigenvalue weighted by molar-refractivity contribution is 0.661. The molecule has 254 valence electrons. The number of hydrogen-bond acceptors (Lipinski definition) is 2. The van der Waals surface area contributed by atoms with Crippen molar-refractivity contribution in [1.82, 2.24) is 9.13 Å². The second-order valence-electron chi connectivity index (χ2n) is 16.0. The average Bonchev–Trinajstić information content (AvgIpc) is 3.84. The van der Waals surface area contributed by atoms with Crippen LogP contribution < -0.4 is 0 Å². The number of fused-ring (bicyclic) bond motifs is 12. The van der Waals surface area contributed by atoms with Crippen LogP contribution in [0.3, 0.4) is 0 Å². The van der Waals surface area contributed by atoms with Crippen molar-refractivity contribution in [1.29, 1.82) is 10.5 Å². The Kier molecular flexibility index (Phi) is 5.90. The van der Waals surface area contributed by atoms with Crippen molar-refractivity contribution < 1.29 is 0 Å². The van der Waals surface area contributed by atoms with Gasteiger partial charge in [0.25, 0.3) is 0 Å². The smallest absolute Gasteiger partial charge is 0.101 e. The normalized spacial score (nSPS) is 14.6. The van der Waals surface area contributed by atoms with Crippen molar-refractivity contribution in [2.24, 2.45) is 0 Å². The number of nitrogens with zero attached hydrogens (tertiary/aromatic N) is 4. The molecule has 0 saturated carbocycles. The minimum atomic E-state index is -0.206. The summed E-state index contributed by atoms with van der Waals surface area (Å²) in [5.41, 5.74) is 16.6. The number of nitriles is 2. The Morgan fingerprint density at radius 1 is 0.389 bits per heavy atom. The molecule has 0 aliphatic heterocycles. The minimum Gasteiger partial charge on any atom is -0.307 e. The second kappa shape index (κ2) is 10.4. The van der Waals surface area contributed by atoms with E-state index in [9.17, 15) is 10.5 Å². The predicted molar refractivity (Wildman–Crippen MR) is 220 cm³/mol. The molecule has 2 aliphatic rings. The average molecular weight is 691 g/mol. The Bertz CT molecular complexity index is 3190. The fourth-order valence-corrected chi connectivity index (χ4v) is 9.97. The van der Waals surface area contributed by atoms with Gasteiger partial charge in [0.1, 0.15) is 12.1 Å². The zero-order valence-corrected chi connectivity index (χ0v) is 30.5. The highest BCUT2D eigenvalue weighted by molar-refractivity contribution is 6.14. The molecule has 2 aliphatic carbocycles. The Morgan fingerprint density at radius 2 is 0.815 bits per heavy atom. The second-order valence-corrected chi connectivity index (χ2v) is 16.0. The summed E-state index contributed by atoms with van der Waals surface area (Å²) in [4.78, 5) is 0. The molecule has 0 N–H and O–H groups in total. The standard InChI is InChI=1S/C50H34N4/c1-49(2)40-18-10-6-14-32(40)36-25-45-38(24-41(36)49)37-23-35-31-13-5-9-17-39(31)50(3,4)42(35)26-46(37)54(45)48-22-30(28-52)29(27-51)21-47(48)53-43-19-11-7-15-33(43)34-16-8-12-20-44(34)53/h5-26H,1-4H3. The van der Waals surface area contributed by atoms with Gasteiger partial charge in [-0.25, -0.2) is 0 Å². The molecule has 0 unspecified atom stereocenters. The molecule has 0 fully saturated rings. The first-order valence-corrected chi connectivity index (χ1v) is 18.6. The van der Waals surface area contributed by atoms with E-state index in [1.165, 1.54) is 55.3 Å². The van der Waals surface area contributed by atoms with Gasteiger partial charge in [0.05, 0.1) is 44.6 Å². The van der Waals surface area contributed by atoms with Crippen molar-refractivity contribution in [2.75, 3.05) is 0 Å². The molecule has 0 amide bonds. The zero-order valence-electron chi connectivity index (χ0n) is 30.5. The van der Waals surface area contributed by atoms with Crippen molar-refractivity contribution in [2.45, 2.75) is 38.5 Å². The van der Waals surface area contributed by atoms with Gasteiger partial charge in [-0.1, -0.05) is 113 Å². The molecule has 4 heteroatoms. The Labute approximate surface area is 313 Å². The van der Waals surface area contributed by atoms with Gasteiger partial charge in [-0.05, 0) is 93.0 Å². The summed E-state index contributed by atoms with van der Waals surface area (Å²) in [6.45, 7) is 9.31. The molecule has 11 rings (SSSR count). The third-order valence-electron chi connectivity index (χ3n) is 12.6. The van der Waals surface area contributed by atoms with Gasteiger partial charge >= 0.3 is 0 Å². The summed E-state index contributed by atoms with van der Waals surface area (Å²) < 4.78 is 4.65. The highest BCUT2D eigenvalue weighted by Gasteiger charge is 2.39. The van der Waals surface area contributed by atoms with Crippen molar-refractivity contribution in [3.8, 4) is 45.8 Å². The lowest BCUT2D eigenvalue weighted by Crippen LogP contribution is -2.15. The van der Waals surface area contributed by atoms with Gasteiger partial charge < -0.3 is 9.13 Å². The molecule has 0 bridgehead atoms. The number of aromatic nitrogens is 2. The van der Waals surface area contributed by atoms with Crippen molar-refractivity contribution in [3.05, 3.63) is 167 Å². The summed E-state index contributed by atoms with van der Waals surface area (Å²) >= 11 is 0. The van der Waals surface area contributed by atoms with E-state index in [0.717, 1.165) is 44.2 Å². The molecule has 2 aromatic heterocycles. The fraction of sp³-hybridized carbons (Fsp3) is 0.120. The molecule has 4 nitrogen and oxygen atoms in total. The maximum Gasteiger partial charge on any atom is 0.101 e. The van der Waals surface area contributed by atoms with E-state index >= 15 is 0 Å². The Hall–Kier alpha value is -6.88. The van der Waals surface area contributed by atoms with E-state index < -0.39 is 0 Å². The number of para-hydroxylation sites is 2. The maximum absolute atomic E-state index is 10.5. The molecular weight excluding hydrogens is 657 g/mol. The third-order valence-corrected chi connectivity index (χ3v) is 12.6. The van der Waals surface area contributed by atoms with Crippen LogP contribution in [0.15, 0.2) is 133 Å². The summed E-state index contributed by atoms with van der Waals surface area (Å²) in [5.74, 6) is 0. The molecule has 9 aromatic rings. The quantitative estimate of drug-likeness (QED) is 0.181. The van der Waals surface area contributed by atoms with Crippen LogP contribution in [0, 0.1) is 22.7 Å². The van der Waals surface area contributed by atoms with E-state index in [4.69, 9.17) is 0 Å². The molecular formula is C50H34N4. The van der Waals surface area contributed by atoms with Crippen LogP contribution in [0.1, 0.15) is 61.1 Å². The number of benzene rings is 7. The SMILES string of the molecule is CC1(C)c2ccccc2-c2cc3c(cc21)c1cc2c(cc1n3-c1cc(C#N)c(C#N)cc1-n1c3ccccc3c3ccccc31)C(C)(C)c1ccccc1-2. The predicted octanol–water partition coefficient (Wildman–Crippen LogP) is 12.2. The van der Waals surface area contributed by atoms with Crippen LogP contribution in [0.25, 0.3) is 77.2 Å². The first-order chi connectivity index (χ1) is 26.2. The van der Waals surface area contributed by atoms with Crippen LogP contribution in [-0.4, -0.2) is 9.13 Å². The largest absolute Gasteiger partial charge is 0.307 e. The highest BCUT2D eigenvalue weighted by Crippen LogP contribution is 2.54. The fourth-order valence-electron chi connectivity index (χ4n) is 9.97. The van der Waals surface area contributed by atoms with Gasteiger partial charge in [0.15, 0.2) is 0 Å². The van der Waals surface area contributed by atoms with Crippen LogP contribution in [0.5, 0.6) is 0 Å². The van der Waals surface area contributed by atoms with E-state index in [1.54, 1.807) is 0 Å². The van der Waals surface area contributed by atoms with Gasteiger partial charge in [0.2, 0.25) is 0 Å². The highest BCUT2D eigenvalue weighted by atomic mass is 15.1. The lowest BCUT2D eigenvalue weighted by Gasteiger charge is -2.22. The summed E-state index contributed by atoms with van der Waals surface area (Å²) in [6.07, 6.45) is 0. The van der Waals surface area contributed by atoms with E-state index in [1.807, 2.05) is 12.1 Å². The van der Waals surface area contributed by atoms with Gasteiger partial charge in [-0.3, -0.25) is 0 Å². The van der Waals surface area contributed by atoms with Crippen molar-refractivity contribution in [3.63, 3.8) is 0 Å². The lowest BCUT2D eigenvalue weighted by atomic mass is 9.81. The third kappa shape index (κ3) is 3.75. The van der Waals surface area contributed by atoms with E-state index in [2.05, 4.69) is 170 Å². The van der Waals surface area contributed by atoms with E-state index in [0.29, 0.717) is 11.1 Å². The maximum atomic E-state index is 10.5. The Morgan fingerprint density at radius 3 is 1.37 bits per heavy atom. The van der Waals surface area contributed by atoms with Crippen LogP contribution in [0.4, 0.5) is 0 Å².